The lowest BCUT2D eigenvalue weighted by molar-refractivity contribution is -0.139. The first-order valence-electron chi connectivity index (χ1n) is 6.68. The third kappa shape index (κ3) is 4.70. The number of carbonyl (C=O) groups excluding carboxylic acids is 1. The molecule has 0 radical (unpaired) electrons. The third-order valence-electron chi connectivity index (χ3n) is 3.45. The van der Waals surface area contributed by atoms with Crippen molar-refractivity contribution in [3.63, 3.8) is 0 Å². The van der Waals surface area contributed by atoms with Gasteiger partial charge in [-0.2, -0.15) is 13.2 Å². The summed E-state index contributed by atoms with van der Waals surface area (Å²) in [5.74, 6) is -0.993. The molecule has 0 aromatic heterocycles. The Hall–Kier alpha value is -1.63. The highest BCUT2D eigenvalue weighted by Crippen LogP contribution is 2.31. The first kappa shape index (κ1) is 15.8. The highest BCUT2D eigenvalue weighted by Gasteiger charge is 2.30. The van der Waals surface area contributed by atoms with E-state index in [1.54, 1.807) is 12.1 Å². The van der Waals surface area contributed by atoms with Gasteiger partial charge in [0, 0.05) is 6.04 Å². The van der Waals surface area contributed by atoms with E-state index in [0.717, 1.165) is 18.4 Å². The molecule has 1 saturated heterocycles. The molecule has 116 valence electrons. The zero-order valence-electron chi connectivity index (χ0n) is 11.3. The smallest absolute Gasteiger partial charge is 0.346 e. The molecule has 1 aliphatic heterocycles. The molecular formula is C14H16F4N2O. The molecule has 1 unspecified atom stereocenters. The normalized spacial score (nSPS) is 19.7. The van der Waals surface area contributed by atoms with Crippen LogP contribution >= 0.6 is 0 Å². The van der Waals surface area contributed by atoms with E-state index in [9.17, 15) is 22.4 Å². The Kier molecular flexibility index (Phi) is 4.82. The maximum Gasteiger partial charge on any atom is 0.405 e. The van der Waals surface area contributed by atoms with Crippen LogP contribution in [0.5, 0.6) is 0 Å². The summed E-state index contributed by atoms with van der Waals surface area (Å²) in [6, 6.07) is 5.92. The molecule has 1 heterocycles. The van der Waals surface area contributed by atoms with E-state index < -0.39 is 18.6 Å². The number of rotatable bonds is 4. The number of halogens is 4. The second-order valence-electron chi connectivity index (χ2n) is 5.07. The maximum atomic E-state index is 12.9. The van der Waals surface area contributed by atoms with Crippen molar-refractivity contribution in [1.29, 1.82) is 0 Å². The van der Waals surface area contributed by atoms with Gasteiger partial charge >= 0.3 is 6.18 Å². The maximum absolute atomic E-state index is 12.9. The first-order valence-corrected chi connectivity index (χ1v) is 6.68. The van der Waals surface area contributed by atoms with Crippen LogP contribution in [0.25, 0.3) is 0 Å². The molecule has 1 aromatic rings. The van der Waals surface area contributed by atoms with Crippen molar-refractivity contribution in [3.05, 3.63) is 35.6 Å². The summed E-state index contributed by atoms with van der Waals surface area (Å²) < 4.78 is 49.0. The van der Waals surface area contributed by atoms with Gasteiger partial charge in [-0.05, 0) is 37.1 Å². The minimum absolute atomic E-state index is 0.0535. The lowest BCUT2D eigenvalue weighted by atomic mass is 10.0. The van der Waals surface area contributed by atoms with Crippen LogP contribution in [0.1, 0.15) is 24.4 Å². The summed E-state index contributed by atoms with van der Waals surface area (Å²) in [6.07, 6.45) is -2.75. The van der Waals surface area contributed by atoms with Crippen LogP contribution in [-0.2, 0) is 4.79 Å². The van der Waals surface area contributed by atoms with Crippen molar-refractivity contribution in [2.75, 3.05) is 19.6 Å². The number of nitrogens with one attached hydrogen (secondary N) is 1. The highest BCUT2D eigenvalue weighted by atomic mass is 19.4. The molecular weight excluding hydrogens is 288 g/mol. The number of hydrogen-bond donors (Lipinski definition) is 1. The fraction of sp³-hybridized carbons (Fsp3) is 0.500. The molecule has 1 aromatic carbocycles. The van der Waals surface area contributed by atoms with E-state index in [4.69, 9.17) is 0 Å². The van der Waals surface area contributed by atoms with E-state index in [2.05, 4.69) is 0 Å². The van der Waals surface area contributed by atoms with Crippen molar-refractivity contribution in [2.45, 2.75) is 25.1 Å². The Balaban J connectivity index is 1.93. The van der Waals surface area contributed by atoms with Crippen LogP contribution in [0.3, 0.4) is 0 Å². The Morgan fingerprint density at radius 2 is 1.95 bits per heavy atom. The van der Waals surface area contributed by atoms with Crippen molar-refractivity contribution < 1.29 is 22.4 Å². The van der Waals surface area contributed by atoms with Gasteiger partial charge in [-0.1, -0.05) is 12.1 Å². The van der Waals surface area contributed by atoms with Crippen LogP contribution in [0.15, 0.2) is 24.3 Å². The number of likely N-dealkylation sites (tertiary alicyclic amines) is 1. The van der Waals surface area contributed by atoms with Crippen molar-refractivity contribution >= 4 is 5.91 Å². The second-order valence-corrected chi connectivity index (χ2v) is 5.07. The van der Waals surface area contributed by atoms with Gasteiger partial charge in [-0.3, -0.25) is 9.69 Å². The van der Waals surface area contributed by atoms with Gasteiger partial charge < -0.3 is 5.32 Å². The van der Waals surface area contributed by atoms with Gasteiger partial charge in [-0.25, -0.2) is 4.39 Å². The summed E-state index contributed by atoms with van der Waals surface area (Å²) in [6.45, 7) is -0.763. The SMILES string of the molecule is O=C(CN1CCCC1c1ccc(F)cc1)NCC(F)(F)F. The Morgan fingerprint density at radius 1 is 1.29 bits per heavy atom. The molecule has 1 aliphatic rings. The Labute approximate surface area is 119 Å². The quantitative estimate of drug-likeness (QED) is 0.867. The first-order chi connectivity index (χ1) is 9.85. The number of nitrogens with zero attached hydrogens (tertiary/aromatic N) is 1. The lowest BCUT2D eigenvalue weighted by Gasteiger charge is -2.24. The molecule has 0 aliphatic carbocycles. The molecule has 1 N–H and O–H groups in total. The molecule has 1 fully saturated rings. The van der Waals surface area contributed by atoms with E-state index in [1.807, 2.05) is 10.2 Å². The van der Waals surface area contributed by atoms with Gasteiger partial charge in [0.25, 0.3) is 0 Å². The highest BCUT2D eigenvalue weighted by molar-refractivity contribution is 5.78. The Morgan fingerprint density at radius 3 is 2.57 bits per heavy atom. The van der Waals surface area contributed by atoms with Crippen LogP contribution < -0.4 is 5.32 Å². The van der Waals surface area contributed by atoms with Gasteiger partial charge in [0.1, 0.15) is 12.4 Å². The second kappa shape index (κ2) is 6.43. The summed E-state index contributed by atoms with van der Waals surface area (Å²) >= 11 is 0. The molecule has 3 nitrogen and oxygen atoms in total. The fourth-order valence-corrected chi connectivity index (χ4v) is 2.52. The molecule has 21 heavy (non-hydrogen) atoms. The van der Waals surface area contributed by atoms with Gasteiger partial charge in [0.05, 0.1) is 6.54 Å². The van der Waals surface area contributed by atoms with Crippen molar-refractivity contribution in [3.8, 4) is 0 Å². The molecule has 0 spiro atoms. The minimum atomic E-state index is -4.41. The zero-order chi connectivity index (χ0) is 15.5. The molecule has 0 bridgehead atoms. The van der Waals surface area contributed by atoms with Crippen LogP contribution in [-0.4, -0.2) is 36.6 Å². The average Bonchev–Trinajstić information content (AvgIpc) is 2.85. The van der Waals surface area contributed by atoms with E-state index >= 15 is 0 Å². The number of hydrogen-bond acceptors (Lipinski definition) is 2. The number of amides is 1. The van der Waals surface area contributed by atoms with Crippen LogP contribution in [0.4, 0.5) is 17.6 Å². The Bertz CT molecular complexity index is 487. The van der Waals surface area contributed by atoms with Gasteiger partial charge in [-0.15, -0.1) is 0 Å². The largest absolute Gasteiger partial charge is 0.405 e. The molecule has 7 heteroatoms. The topological polar surface area (TPSA) is 32.3 Å². The predicted molar refractivity (Wildman–Crippen MR) is 69.0 cm³/mol. The summed E-state index contributed by atoms with van der Waals surface area (Å²) in [7, 11) is 0. The van der Waals surface area contributed by atoms with Crippen LogP contribution in [0.2, 0.25) is 0 Å². The van der Waals surface area contributed by atoms with Crippen molar-refractivity contribution in [2.24, 2.45) is 0 Å². The zero-order valence-corrected chi connectivity index (χ0v) is 11.3. The standard InChI is InChI=1S/C14H16F4N2O/c15-11-5-3-10(4-6-11)12-2-1-7-20(12)8-13(21)19-9-14(16,17)18/h3-6,12H,1-2,7-9H2,(H,19,21). The molecule has 1 amide bonds. The van der Waals surface area contributed by atoms with Gasteiger partial charge in [0.2, 0.25) is 5.91 Å². The van der Waals surface area contributed by atoms with E-state index in [0.29, 0.717) is 6.54 Å². The fourth-order valence-electron chi connectivity index (χ4n) is 2.52. The monoisotopic (exact) mass is 304 g/mol. The predicted octanol–water partition coefficient (Wildman–Crippen LogP) is 2.64. The average molecular weight is 304 g/mol. The van der Waals surface area contributed by atoms with Gasteiger partial charge in [0.15, 0.2) is 0 Å². The summed E-state index contributed by atoms with van der Waals surface area (Å²) in [5, 5.41) is 1.87. The number of benzene rings is 1. The summed E-state index contributed by atoms with van der Waals surface area (Å²) in [4.78, 5) is 13.4. The third-order valence-corrected chi connectivity index (χ3v) is 3.45. The summed E-state index contributed by atoms with van der Waals surface area (Å²) in [5.41, 5.74) is 0.873. The van der Waals surface area contributed by atoms with E-state index in [-0.39, 0.29) is 18.4 Å². The lowest BCUT2D eigenvalue weighted by Crippen LogP contribution is -2.40. The number of alkyl halides is 3. The van der Waals surface area contributed by atoms with E-state index in [1.165, 1.54) is 12.1 Å². The molecule has 0 saturated carbocycles. The van der Waals surface area contributed by atoms with Crippen LogP contribution in [0, 0.1) is 5.82 Å². The van der Waals surface area contributed by atoms with Crippen molar-refractivity contribution in [1.82, 2.24) is 10.2 Å². The molecule has 2 rings (SSSR count). The minimum Gasteiger partial charge on any atom is -0.346 e. The molecule has 1 atom stereocenters. The number of carbonyl (C=O) groups is 1.